The van der Waals surface area contributed by atoms with Crippen LogP contribution in [0, 0.1) is 19.3 Å². The largest absolute Gasteiger partial charge is 0.457 e. The molecule has 0 saturated carbocycles. The van der Waals surface area contributed by atoms with Gasteiger partial charge in [-0.15, -0.1) is 0 Å². The Bertz CT molecular complexity index is 1030. The topological polar surface area (TPSA) is 77.2 Å². The molecule has 0 aliphatic carbocycles. The lowest BCUT2D eigenvalue weighted by Gasteiger charge is -2.18. The highest BCUT2D eigenvalue weighted by Gasteiger charge is 2.13. The Morgan fingerprint density at radius 2 is 1.57 bits per heavy atom. The fraction of sp³-hybridized carbons (Fsp3) is 0.280. The van der Waals surface area contributed by atoms with Crippen LogP contribution in [0.15, 0.2) is 54.6 Å². The van der Waals surface area contributed by atoms with Gasteiger partial charge in [0.2, 0.25) is 0 Å². The van der Waals surface area contributed by atoms with E-state index < -0.39 is 0 Å². The fourth-order valence-corrected chi connectivity index (χ4v) is 3.13. The molecule has 0 bridgehead atoms. The maximum Gasteiger partial charge on any atom is 0.259 e. The highest BCUT2D eigenvalue weighted by Crippen LogP contribution is 2.26. The molecule has 0 saturated heterocycles. The van der Waals surface area contributed by atoms with Crippen molar-refractivity contribution < 1.29 is 9.53 Å². The van der Waals surface area contributed by atoms with Crippen molar-refractivity contribution in [3.05, 3.63) is 77.0 Å². The average Bonchev–Trinajstić information content (AvgIpc) is 2.66. The Hall–Kier alpha value is -3.34. The fourth-order valence-electron chi connectivity index (χ4n) is 3.13. The standard InChI is InChI=1S/C25H29N3O2/c1-16-14-22(23(26)27-17(16)2)24(29)28-19-8-12-21(13-9-19)30-20-10-6-18(7-11-20)15-25(3,4)5/h6-14H,15H2,1-5H3,(H2,26,27)(H,28,29). The number of pyridine rings is 1. The lowest BCUT2D eigenvalue weighted by Crippen LogP contribution is -2.15. The summed E-state index contributed by atoms with van der Waals surface area (Å²) in [5.41, 5.74) is 10.2. The first-order valence-electron chi connectivity index (χ1n) is 10.0. The van der Waals surface area contributed by atoms with E-state index in [0.717, 1.165) is 23.4 Å². The van der Waals surface area contributed by atoms with E-state index in [-0.39, 0.29) is 17.1 Å². The number of nitrogens with zero attached hydrogens (tertiary/aromatic N) is 1. The van der Waals surface area contributed by atoms with Crippen LogP contribution < -0.4 is 15.8 Å². The third-order valence-electron chi connectivity index (χ3n) is 4.75. The molecular weight excluding hydrogens is 374 g/mol. The van der Waals surface area contributed by atoms with Gasteiger partial charge in [-0.2, -0.15) is 0 Å². The van der Waals surface area contributed by atoms with Gasteiger partial charge in [0.1, 0.15) is 17.3 Å². The summed E-state index contributed by atoms with van der Waals surface area (Å²) in [6, 6.07) is 17.1. The van der Waals surface area contributed by atoms with Gasteiger partial charge in [-0.1, -0.05) is 32.9 Å². The zero-order valence-electron chi connectivity index (χ0n) is 18.2. The number of benzene rings is 2. The first-order valence-corrected chi connectivity index (χ1v) is 10.0. The zero-order valence-corrected chi connectivity index (χ0v) is 18.2. The predicted octanol–water partition coefficient (Wildman–Crippen LogP) is 5.91. The van der Waals surface area contributed by atoms with Crippen LogP contribution in [0.4, 0.5) is 11.5 Å². The van der Waals surface area contributed by atoms with Crippen molar-refractivity contribution in [3.63, 3.8) is 0 Å². The molecule has 30 heavy (non-hydrogen) atoms. The molecular formula is C25H29N3O2. The molecule has 2 aromatic carbocycles. The summed E-state index contributed by atoms with van der Waals surface area (Å²) in [5.74, 6) is 1.42. The molecule has 1 heterocycles. The summed E-state index contributed by atoms with van der Waals surface area (Å²) in [7, 11) is 0. The molecule has 3 aromatic rings. The van der Waals surface area contributed by atoms with Gasteiger partial charge in [0.05, 0.1) is 5.56 Å². The van der Waals surface area contributed by atoms with Gasteiger partial charge < -0.3 is 15.8 Å². The first-order chi connectivity index (χ1) is 14.1. The molecule has 0 atom stereocenters. The van der Waals surface area contributed by atoms with Gasteiger partial charge in [-0.05, 0) is 79.3 Å². The maximum absolute atomic E-state index is 12.5. The Morgan fingerprint density at radius 1 is 1.00 bits per heavy atom. The summed E-state index contributed by atoms with van der Waals surface area (Å²) in [6.07, 6.45) is 1.02. The van der Waals surface area contributed by atoms with Crippen LogP contribution in [0.1, 0.15) is 48.0 Å². The van der Waals surface area contributed by atoms with Gasteiger partial charge in [0, 0.05) is 11.4 Å². The average molecular weight is 404 g/mol. The second-order valence-electron chi connectivity index (χ2n) is 8.79. The Kier molecular flexibility index (Phi) is 6.11. The van der Waals surface area contributed by atoms with Crippen molar-refractivity contribution >= 4 is 17.4 Å². The normalized spacial score (nSPS) is 11.2. The number of anilines is 2. The minimum Gasteiger partial charge on any atom is -0.457 e. The monoisotopic (exact) mass is 403 g/mol. The molecule has 0 aliphatic heterocycles. The summed E-state index contributed by atoms with van der Waals surface area (Å²) in [6.45, 7) is 10.4. The van der Waals surface area contributed by atoms with Gasteiger partial charge in [0.15, 0.2) is 0 Å². The SMILES string of the molecule is Cc1cc(C(=O)Nc2ccc(Oc3ccc(CC(C)(C)C)cc3)cc2)c(N)nc1C. The van der Waals surface area contributed by atoms with E-state index in [4.69, 9.17) is 10.5 Å². The van der Waals surface area contributed by atoms with Crippen LogP contribution in [0.5, 0.6) is 11.5 Å². The van der Waals surface area contributed by atoms with Crippen LogP contribution >= 0.6 is 0 Å². The van der Waals surface area contributed by atoms with Crippen molar-refractivity contribution in [1.82, 2.24) is 4.98 Å². The Balaban J connectivity index is 1.64. The van der Waals surface area contributed by atoms with E-state index in [9.17, 15) is 4.79 Å². The number of rotatable bonds is 5. The molecule has 156 valence electrons. The van der Waals surface area contributed by atoms with E-state index in [0.29, 0.717) is 17.0 Å². The number of nitrogens with one attached hydrogen (secondary N) is 1. The molecule has 0 radical (unpaired) electrons. The highest BCUT2D eigenvalue weighted by atomic mass is 16.5. The molecule has 0 aliphatic rings. The molecule has 0 fully saturated rings. The van der Waals surface area contributed by atoms with Crippen LogP contribution in [0.3, 0.4) is 0 Å². The minimum absolute atomic E-state index is 0.227. The molecule has 1 aromatic heterocycles. The number of hydrogen-bond acceptors (Lipinski definition) is 4. The molecule has 3 rings (SSSR count). The third kappa shape index (κ3) is 5.60. The van der Waals surface area contributed by atoms with E-state index in [1.807, 2.05) is 38.1 Å². The van der Waals surface area contributed by atoms with Crippen LogP contribution in [0.2, 0.25) is 0 Å². The van der Waals surface area contributed by atoms with E-state index >= 15 is 0 Å². The number of aryl methyl sites for hydroxylation is 2. The number of nitrogen functional groups attached to an aromatic ring is 1. The molecule has 5 heteroatoms. The molecule has 0 spiro atoms. The summed E-state index contributed by atoms with van der Waals surface area (Å²) < 4.78 is 5.91. The number of hydrogen-bond donors (Lipinski definition) is 2. The van der Waals surface area contributed by atoms with Gasteiger partial charge in [-0.3, -0.25) is 4.79 Å². The van der Waals surface area contributed by atoms with Crippen LogP contribution in [0.25, 0.3) is 0 Å². The van der Waals surface area contributed by atoms with Crippen molar-refractivity contribution in [1.29, 1.82) is 0 Å². The minimum atomic E-state index is -0.286. The lowest BCUT2D eigenvalue weighted by atomic mass is 9.88. The second-order valence-corrected chi connectivity index (χ2v) is 8.79. The van der Waals surface area contributed by atoms with Crippen molar-refractivity contribution in [2.75, 3.05) is 11.1 Å². The molecule has 0 unspecified atom stereocenters. The van der Waals surface area contributed by atoms with Crippen molar-refractivity contribution in [2.45, 2.75) is 41.0 Å². The second kappa shape index (κ2) is 8.57. The van der Waals surface area contributed by atoms with Crippen molar-refractivity contribution in [3.8, 4) is 11.5 Å². The predicted molar refractivity (Wildman–Crippen MR) is 122 cm³/mol. The number of carbonyl (C=O) groups is 1. The summed E-state index contributed by atoms with van der Waals surface area (Å²) in [4.78, 5) is 16.8. The maximum atomic E-state index is 12.5. The zero-order chi connectivity index (χ0) is 21.9. The molecule has 5 nitrogen and oxygen atoms in total. The first kappa shape index (κ1) is 21.4. The van der Waals surface area contributed by atoms with E-state index in [2.05, 4.69) is 43.2 Å². The van der Waals surface area contributed by atoms with Gasteiger partial charge in [-0.25, -0.2) is 4.98 Å². The number of nitrogens with two attached hydrogens (primary N) is 1. The highest BCUT2D eigenvalue weighted by molar-refractivity contribution is 6.07. The molecule has 3 N–H and O–H groups in total. The number of aromatic nitrogens is 1. The Morgan fingerprint density at radius 3 is 2.13 bits per heavy atom. The van der Waals surface area contributed by atoms with Gasteiger partial charge in [0.25, 0.3) is 5.91 Å². The summed E-state index contributed by atoms with van der Waals surface area (Å²) in [5, 5.41) is 2.85. The number of carbonyl (C=O) groups excluding carboxylic acids is 1. The van der Waals surface area contributed by atoms with Gasteiger partial charge >= 0.3 is 0 Å². The number of amides is 1. The van der Waals surface area contributed by atoms with Crippen LogP contribution in [-0.2, 0) is 6.42 Å². The van der Waals surface area contributed by atoms with Crippen molar-refractivity contribution in [2.24, 2.45) is 5.41 Å². The smallest absolute Gasteiger partial charge is 0.259 e. The molecule has 1 amide bonds. The lowest BCUT2D eigenvalue weighted by molar-refractivity contribution is 0.102. The number of ether oxygens (including phenoxy) is 1. The third-order valence-corrected chi connectivity index (χ3v) is 4.75. The van der Waals surface area contributed by atoms with E-state index in [1.54, 1.807) is 18.2 Å². The Labute approximate surface area is 178 Å². The van der Waals surface area contributed by atoms with E-state index in [1.165, 1.54) is 5.56 Å². The summed E-state index contributed by atoms with van der Waals surface area (Å²) >= 11 is 0. The quantitative estimate of drug-likeness (QED) is 0.555. The van der Waals surface area contributed by atoms with Crippen LogP contribution in [-0.4, -0.2) is 10.9 Å².